The summed E-state index contributed by atoms with van der Waals surface area (Å²) in [4.78, 5) is 4.26. The summed E-state index contributed by atoms with van der Waals surface area (Å²) in [6, 6.07) is 3.88. The summed E-state index contributed by atoms with van der Waals surface area (Å²) in [5, 5.41) is 6.67. The molecule has 6 nitrogen and oxygen atoms in total. The van der Waals surface area contributed by atoms with Crippen LogP contribution in [0, 0.1) is 5.92 Å². The van der Waals surface area contributed by atoms with E-state index >= 15 is 0 Å². The molecule has 0 amide bonds. The van der Waals surface area contributed by atoms with Crippen LogP contribution < -0.4 is 24.8 Å². The number of rotatable bonds is 9. The second kappa shape index (κ2) is 11.3. The topological polar surface area (TPSA) is 64.1 Å². The van der Waals surface area contributed by atoms with Crippen molar-refractivity contribution in [1.29, 1.82) is 0 Å². The molecular weight excluding hydrogens is 433 g/mol. The van der Waals surface area contributed by atoms with Gasteiger partial charge in [0.15, 0.2) is 17.5 Å². The second-order valence-corrected chi connectivity index (χ2v) is 5.97. The molecule has 1 aliphatic carbocycles. The van der Waals surface area contributed by atoms with Crippen LogP contribution in [-0.2, 0) is 6.54 Å². The zero-order valence-electron chi connectivity index (χ0n) is 15.6. The van der Waals surface area contributed by atoms with Crippen LogP contribution in [0.15, 0.2) is 17.1 Å². The average Bonchev–Trinajstić information content (AvgIpc) is 3.44. The Bertz CT molecular complexity index is 537. The first-order valence-corrected chi connectivity index (χ1v) is 8.45. The van der Waals surface area contributed by atoms with Crippen LogP contribution in [0.5, 0.6) is 17.2 Å². The summed E-state index contributed by atoms with van der Waals surface area (Å²) in [5.74, 6) is 3.69. The lowest BCUT2D eigenvalue weighted by Crippen LogP contribution is -2.37. The summed E-state index contributed by atoms with van der Waals surface area (Å²) < 4.78 is 16.1. The lowest BCUT2D eigenvalue weighted by atomic mass is 10.2. The maximum Gasteiger partial charge on any atom is 0.203 e. The van der Waals surface area contributed by atoms with Crippen LogP contribution in [0.1, 0.15) is 31.2 Å². The molecule has 25 heavy (non-hydrogen) atoms. The lowest BCUT2D eigenvalue weighted by Gasteiger charge is -2.16. The molecular formula is C18H30IN3O3. The largest absolute Gasteiger partial charge is 0.493 e. The number of guanidine groups is 1. The van der Waals surface area contributed by atoms with Gasteiger partial charge in [0, 0.05) is 20.1 Å². The van der Waals surface area contributed by atoms with E-state index in [0.717, 1.165) is 24.0 Å². The highest BCUT2D eigenvalue weighted by Gasteiger charge is 2.20. The van der Waals surface area contributed by atoms with Gasteiger partial charge in [-0.3, -0.25) is 4.99 Å². The first-order chi connectivity index (χ1) is 11.7. The molecule has 7 heteroatoms. The minimum absolute atomic E-state index is 0. The standard InChI is InChI=1S/C18H29N3O3.HI/c1-19-18(20-9-5-6-13-7-8-13)21-12-14-10-15(22-2)17(24-4)16(11-14)23-3;/h10-11,13H,5-9,12H2,1-4H3,(H2,19,20,21);1H. The Kier molecular flexibility index (Phi) is 9.77. The first-order valence-electron chi connectivity index (χ1n) is 8.45. The zero-order valence-corrected chi connectivity index (χ0v) is 17.9. The van der Waals surface area contributed by atoms with Crippen LogP contribution in [0.2, 0.25) is 0 Å². The third kappa shape index (κ3) is 6.80. The van der Waals surface area contributed by atoms with Crippen molar-refractivity contribution in [3.8, 4) is 17.2 Å². The van der Waals surface area contributed by atoms with Crippen molar-refractivity contribution in [3.63, 3.8) is 0 Å². The number of hydrogen-bond acceptors (Lipinski definition) is 4. The van der Waals surface area contributed by atoms with Crippen LogP contribution in [0.4, 0.5) is 0 Å². The van der Waals surface area contributed by atoms with Crippen molar-refractivity contribution in [2.45, 2.75) is 32.2 Å². The molecule has 0 heterocycles. The van der Waals surface area contributed by atoms with Crippen LogP contribution >= 0.6 is 24.0 Å². The molecule has 0 saturated heterocycles. The fourth-order valence-electron chi connectivity index (χ4n) is 2.65. The Hall–Kier alpha value is -1.38. The average molecular weight is 463 g/mol. The van der Waals surface area contributed by atoms with Gasteiger partial charge in [-0.2, -0.15) is 0 Å². The smallest absolute Gasteiger partial charge is 0.203 e. The van der Waals surface area contributed by atoms with Crippen LogP contribution in [0.3, 0.4) is 0 Å². The molecule has 2 rings (SSSR count). The van der Waals surface area contributed by atoms with Gasteiger partial charge in [-0.05, 0) is 36.5 Å². The quantitative estimate of drug-likeness (QED) is 0.255. The molecule has 0 unspecified atom stereocenters. The maximum absolute atomic E-state index is 5.38. The Labute approximate surface area is 167 Å². The van der Waals surface area contributed by atoms with Gasteiger partial charge in [-0.25, -0.2) is 0 Å². The minimum Gasteiger partial charge on any atom is -0.493 e. The molecule has 1 aromatic carbocycles. The van der Waals surface area contributed by atoms with Crippen molar-refractivity contribution in [2.75, 3.05) is 34.9 Å². The Balaban J connectivity index is 0.00000312. The van der Waals surface area contributed by atoms with Gasteiger partial charge >= 0.3 is 0 Å². The Morgan fingerprint density at radius 1 is 1.08 bits per heavy atom. The summed E-state index contributed by atoms with van der Waals surface area (Å²) in [6.07, 6.45) is 5.33. The molecule has 1 aliphatic rings. The molecule has 0 radical (unpaired) electrons. The van der Waals surface area contributed by atoms with Gasteiger partial charge in [0.25, 0.3) is 0 Å². The Morgan fingerprint density at radius 3 is 2.20 bits per heavy atom. The van der Waals surface area contributed by atoms with E-state index in [4.69, 9.17) is 14.2 Å². The number of ether oxygens (including phenoxy) is 3. The maximum atomic E-state index is 5.38. The Morgan fingerprint density at radius 2 is 1.72 bits per heavy atom. The van der Waals surface area contributed by atoms with Crippen molar-refractivity contribution in [3.05, 3.63) is 17.7 Å². The number of aliphatic imine (C=N–C) groups is 1. The molecule has 142 valence electrons. The van der Waals surface area contributed by atoms with E-state index < -0.39 is 0 Å². The van der Waals surface area contributed by atoms with Crippen molar-refractivity contribution in [2.24, 2.45) is 10.9 Å². The van der Waals surface area contributed by atoms with Crippen LogP contribution in [0.25, 0.3) is 0 Å². The third-order valence-electron chi connectivity index (χ3n) is 4.19. The van der Waals surface area contributed by atoms with Gasteiger partial charge in [-0.15, -0.1) is 24.0 Å². The van der Waals surface area contributed by atoms with E-state index in [9.17, 15) is 0 Å². The highest BCUT2D eigenvalue weighted by atomic mass is 127. The molecule has 1 saturated carbocycles. The molecule has 0 spiro atoms. The summed E-state index contributed by atoms with van der Waals surface area (Å²) in [7, 11) is 6.63. The highest BCUT2D eigenvalue weighted by Crippen LogP contribution is 2.38. The number of methoxy groups -OCH3 is 3. The van der Waals surface area contributed by atoms with E-state index in [-0.39, 0.29) is 24.0 Å². The number of nitrogens with zero attached hydrogens (tertiary/aromatic N) is 1. The fraction of sp³-hybridized carbons (Fsp3) is 0.611. The van der Waals surface area contributed by atoms with E-state index in [2.05, 4.69) is 15.6 Å². The summed E-state index contributed by atoms with van der Waals surface area (Å²) in [6.45, 7) is 1.57. The number of nitrogens with one attached hydrogen (secondary N) is 2. The van der Waals surface area contributed by atoms with E-state index in [1.54, 1.807) is 28.4 Å². The van der Waals surface area contributed by atoms with E-state index in [0.29, 0.717) is 23.8 Å². The summed E-state index contributed by atoms with van der Waals surface area (Å²) >= 11 is 0. The summed E-state index contributed by atoms with van der Waals surface area (Å²) in [5.41, 5.74) is 1.03. The zero-order chi connectivity index (χ0) is 17.4. The first kappa shape index (κ1) is 21.7. The molecule has 1 aromatic rings. The predicted octanol–water partition coefficient (Wildman–Crippen LogP) is 3.19. The molecule has 0 atom stereocenters. The fourth-order valence-corrected chi connectivity index (χ4v) is 2.65. The molecule has 2 N–H and O–H groups in total. The highest BCUT2D eigenvalue weighted by molar-refractivity contribution is 14.0. The van der Waals surface area contributed by atoms with Gasteiger partial charge < -0.3 is 24.8 Å². The number of hydrogen-bond donors (Lipinski definition) is 2. The van der Waals surface area contributed by atoms with E-state index in [1.165, 1.54) is 25.7 Å². The third-order valence-corrected chi connectivity index (χ3v) is 4.19. The van der Waals surface area contributed by atoms with Crippen molar-refractivity contribution in [1.82, 2.24) is 10.6 Å². The minimum atomic E-state index is 0. The van der Waals surface area contributed by atoms with Gasteiger partial charge in [-0.1, -0.05) is 12.8 Å². The van der Waals surface area contributed by atoms with Crippen LogP contribution in [-0.4, -0.2) is 40.9 Å². The molecule has 0 bridgehead atoms. The SMILES string of the molecule is CN=C(NCCCC1CC1)NCc1cc(OC)c(OC)c(OC)c1.I. The van der Waals surface area contributed by atoms with Crippen molar-refractivity contribution >= 4 is 29.9 Å². The van der Waals surface area contributed by atoms with Gasteiger partial charge in [0.05, 0.1) is 21.3 Å². The van der Waals surface area contributed by atoms with E-state index in [1.807, 2.05) is 12.1 Å². The molecule has 0 aromatic heterocycles. The monoisotopic (exact) mass is 463 g/mol. The number of benzene rings is 1. The van der Waals surface area contributed by atoms with Crippen molar-refractivity contribution < 1.29 is 14.2 Å². The normalized spacial score (nSPS) is 13.7. The lowest BCUT2D eigenvalue weighted by molar-refractivity contribution is 0.323. The predicted molar refractivity (Wildman–Crippen MR) is 112 cm³/mol. The second-order valence-electron chi connectivity index (χ2n) is 5.97. The molecule has 0 aliphatic heterocycles. The molecule has 1 fully saturated rings. The number of halogens is 1. The van der Waals surface area contributed by atoms with Gasteiger partial charge in [0.2, 0.25) is 5.75 Å². The van der Waals surface area contributed by atoms with Gasteiger partial charge in [0.1, 0.15) is 0 Å².